The molecule has 2 heterocycles. The van der Waals surface area contributed by atoms with Gasteiger partial charge in [0.25, 0.3) is 0 Å². The molecule has 2 aromatic rings. The van der Waals surface area contributed by atoms with Gasteiger partial charge in [-0.1, -0.05) is 30.3 Å². The maximum Gasteiger partial charge on any atom is 0.244 e. The Balaban J connectivity index is 1.72. The number of rotatable bonds is 3. The minimum atomic E-state index is -0.488. The summed E-state index contributed by atoms with van der Waals surface area (Å²) in [5.41, 5.74) is 1.09. The van der Waals surface area contributed by atoms with Crippen LogP contribution in [0, 0.1) is 0 Å². The second-order valence-corrected chi connectivity index (χ2v) is 5.48. The number of aromatic nitrogens is 2. The van der Waals surface area contributed by atoms with Crippen molar-refractivity contribution in [3.63, 3.8) is 0 Å². The minimum absolute atomic E-state index is 0.0314. The molecule has 1 aliphatic rings. The van der Waals surface area contributed by atoms with Crippen LogP contribution < -0.4 is 10.6 Å². The van der Waals surface area contributed by atoms with Crippen molar-refractivity contribution in [2.24, 2.45) is 0 Å². The van der Waals surface area contributed by atoms with Crippen molar-refractivity contribution >= 4 is 11.6 Å². The van der Waals surface area contributed by atoms with E-state index < -0.39 is 5.54 Å². The zero-order chi connectivity index (χ0) is 14.7. The molecular weight excluding hydrogens is 264 g/mol. The molecule has 0 saturated carbocycles. The van der Waals surface area contributed by atoms with Gasteiger partial charge >= 0.3 is 0 Å². The standard InChI is InChI=1S/C16H18N4O/c1-16(8-5-9-19-16)15(21)20-13-10-17-14(18-11-13)12-6-3-2-4-7-12/h2-4,6-7,10-11,19H,5,8-9H2,1H3,(H,20,21). The first-order chi connectivity index (χ1) is 10.2. The van der Waals surface area contributed by atoms with Crippen LogP contribution in [-0.4, -0.2) is 28.0 Å². The summed E-state index contributed by atoms with van der Waals surface area (Å²) in [6.07, 6.45) is 5.16. The molecule has 1 aromatic heterocycles. The van der Waals surface area contributed by atoms with Gasteiger partial charge in [0.2, 0.25) is 5.91 Å². The van der Waals surface area contributed by atoms with Gasteiger partial charge in [-0.25, -0.2) is 9.97 Å². The molecule has 1 saturated heterocycles. The molecular formula is C16H18N4O. The Hall–Kier alpha value is -2.27. The van der Waals surface area contributed by atoms with Gasteiger partial charge < -0.3 is 10.6 Å². The molecule has 0 radical (unpaired) electrons. The van der Waals surface area contributed by atoms with E-state index in [1.807, 2.05) is 37.3 Å². The van der Waals surface area contributed by atoms with Crippen LogP contribution in [0.5, 0.6) is 0 Å². The predicted octanol–water partition coefficient (Wildman–Crippen LogP) is 2.22. The first-order valence-electron chi connectivity index (χ1n) is 7.11. The Labute approximate surface area is 123 Å². The van der Waals surface area contributed by atoms with Gasteiger partial charge in [0.1, 0.15) is 0 Å². The molecule has 21 heavy (non-hydrogen) atoms. The second kappa shape index (κ2) is 5.61. The summed E-state index contributed by atoms with van der Waals surface area (Å²) in [6.45, 7) is 2.81. The fraction of sp³-hybridized carbons (Fsp3) is 0.312. The molecule has 1 fully saturated rings. The first-order valence-corrected chi connectivity index (χ1v) is 7.11. The van der Waals surface area contributed by atoms with Crippen LogP contribution in [0.4, 0.5) is 5.69 Å². The van der Waals surface area contributed by atoms with E-state index in [9.17, 15) is 4.79 Å². The topological polar surface area (TPSA) is 66.9 Å². The maximum atomic E-state index is 12.3. The fourth-order valence-electron chi connectivity index (χ4n) is 2.49. The smallest absolute Gasteiger partial charge is 0.244 e. The normalized spacial score (nSPS) is 21.2. The average molecular weight is 282 g/mol. The fourth-order valence-corrected chi connectivity index (χ4v) is 2.49. The highest BCUT2D eigenvalue weighted by Gasteiger charge is 2.35. The van der Waals surface area contributed by atoms with Crippen LogP contribution in [0.1, 0.15) is 19.8 Å². The summed E-state index contributed by atoms with van der Waals surface area (Å²) in [7, 11) is 0. The zero-order valence-corrected chi connectivity index (χ0v) is 12.0. The molecule has 0 bridgehead atoms. The summed E-state index contributed by atoms with van der Waals surface area (Å²) in [4.78, 5) is 20.9. The number of nitrogens with one attached hydrogen (secondary N) is 2. The summed E-state index contributed by atoms with van der Waals surface area (Å²) in [5, 5.41) is 6.11. The van der Waals surface area contributed by atoms with Crippen LogP contribution in [-0.2, 0) is 4.79 Å². The summed E-state index contributed by atoms with van der Waals surface area (Å²) < 4.78 is 0. The molecule has 1 atom stereocenters. The molecule has 1 amide bonds. The van der Waals surface area contributed by atoms with E-state index in [0.717, 1.165) is 24.9 Å². The molecule has 1 aromatic carbocycles. The van der Waals surface area contributed by atoms with Crippen LogP contribution in [0.3, 0.4) is 0 Å². The third kappa shape index (κ3) is 2.92. The second-order valence-electron chi connectivity index (χ2n) is 5.48. The van der Waals surface area contributed by atoms with E-state index in [4.69, 9.17) is 0 Å². The number of amides is 1. The van der Waals surface area contributed by atoms with Crippen molar-refractivity contribution in [1.29, 1.82) is 0 Å². The van der Waals surface area contributed by atoms with Gasteiger partial charge in [0.05, 0.1) is 23.6 Å². The van der Waals surface area contributed by atoms with E-state index in [1.165, 1.54) is 0 Å². The highest BCUT2D eigenvalue weighted by Crippen LogP contribution is 2.21. The van der Waals surface area contributed by atoms with Gasteiger partial charge in [-0.05, 0) is 26.3 Å². The molecule has 0 aliphatic carbocycles. The van der Waals surface area contributed by atoms with Crippen molar-refractivity contribution in [2.45, 2.75) is 25.3 Å². The number of carbonyl (C=O) groups is 1. The average Bonchev–Trinajstić information content (AvgIpc) is 2.97. The van der Waals surface area contributed by atoms with Gasteiger partial charge in [-0.3, -0.25) is 4.79 Å². The number of anilines is 1. The SMILES string of the molecule is CC1(C(=O)Nc2cnc(-c3ccccc3)nc2)CCCN1. The van der Waals surface area contributed by atoms with Crippen LogP contribution >= 0.6 is 0 Å². The summed E-state index contributed by atoms with van der Waals surface area (Å²) in [6, 6.07) is 9.75. The van der Waals surface area contributed by atoms with E-state index in [1.54, 1.807) is 12.4 Å². The highest BCUT2D eigenvalue weighted by atomic mass is 16.2. The van der Waals surface area contributed by atoms with E-state index >= 15 is 0 Å². The number of hydrogen-bond acceptors (Lipinski definition) is 4. The van der Waals surface area contributed by atoms with Crippen LogP contribution in [0.15, 0.2) is 42.7 Å². The lowest BCUT2D eigenvalue weighted by atomic mass is 9.99. The largest absolute Gasteiger partial charge is 0.322 e. The number of nitrogens with zero attached hydrogens (tertiary/aromatic N) is 2. The maximum absolute atomic E-state index is 12.3. The Kier molecular flexibility index (Phi) is 3.66. The Morgan fingerprint density at radius 2 is 1.95 bits per heavy atom. The molecule has 5 heteroatoms. The predicted molar refractivity (Wildman–Crippen MR) is 81.7 cm³/mol. The molecule has 108 valence electrons. The molecule has 5 nitrogen and oxygen atoms in total. The lowest BCUT2D eigenvalue weighted by molar-refractivity contribution is -0.121. The summed E-state index contributed by atoms with van der Waals surface area (Å²) in [5.74, 6) is 0.620. The lowest BCUT2D eigenvalue weighted by Crippen LogP contribution is -2.47. The van der Waals surface area contributed by atoms with Crippen LogP contribution in [0.2, 0.25) is 0 Å². The molecule has 1 unspecified atom stereocenters. The monoisotopic (exact) mass is 282 g/mol. The van der Waals surface area contributed by atoms with Crippen molar-refractivity contribution in [3.05, 3.63) is 42.7 Å². The Morgan fingerprint density at radius 1 is 1.24 bits per heavy atom. The van der Waals surface area contributed by atoms with E-state index in [2.05, 4.69) is 20.6 Å². The molecule has 0 spiro atoms. The van der Waals surface area contributed by atoms with Gasteiger partial charge in [0.15, 0.2) is 5.82 Å². The van der Waals surface area contributed by atoms with Crippen molar-refractivity contribution in [1.82, 2.24) is 15.3 Å². The Bertz CT molecular complexity index is 618. The van der Waals surface area contributed by atoms with E-state index in [-0.39, 0.29) is 5.91 Å². The van der Waals surface area contributed by atoms with Gasteiger partial charge in [-0.2, -0.15) is 0 Å². The highest BCUT2D eigenvalue weighted by molar-refractivity contribution is 5.97. The number of benzene rings is 1. The third-order valence-corrected chi connectivity index (χ3v) is 3.81. The van der Waals surface area contributed by atoms with Crippen LogP contribution in [0.25, 0.3) is 11.4 Å². The number of hydrogen-bond donors (Lipinski definition) is 2. The molecule has 1 aliphatic heterocycles. The molecule has 3 rings (SSSR count). The first kappa shape index (κ1) is 13.7. The van der Waals surface area contributed by atoms with Crippen molar-refractivity contribution < 1.29 is 4.79 Å². The minimum Gasteiger partial charge on any atom is -0.322 e. The van der Waals surface area contributed by atoms with Gasteiger partial charge in [0, 0.05) is 5.56 Å². The number of carbonyl (C=O) groups excluding carboxylic acids is 1. The van der Waals surface area contributed by atoms with Gasteiger partial charge in [-0.15, -0.1) is 0 Å². The Morgan fingerprint density at radius 3 is 2.57 bits per heavy atom. The van der Waals surface area contributed by atoms with E-state index in [0.29, 0.717) is 11.5 Å². The zero-order valence-electron chi connectivity index (χ0n) is 12.0. The summed E-state index contributed by atoms with van der Waals surface area (Å²) >= 11 is 0. The molecule has 2 N–H and O–H groups in total. The quantitative estimate of drug-likeness (QED) is 0.906. The van der Waals surface area contributed by atoms with Crippen molar-refractivity contribution in [2.75, 3.05) is 11.9 Å². The van der Waals surface area contributed by atoms with Crippen molar-refractivity contribution in [3.8, 4) is 11.4 Å². The third-order valence-electron chi connectivity index (χ3n) is 3.81. The lowest BCUT2D eigenvalue weighted by Gasteiger charge is -2.22.